The smallest absolute Gasteiger partial charge is 0.239 e. The van der Waals surface area contributed by atoms with Gasteiger partial charge in [-0.05, 0) is 12.5 Å². The van der Waals surface area contributed by atoms with Crippen LogP contribution in [0.15, 0.2) is 30.5 Å². The van der Waals surface area contributed by atoms with Crippen molar-refractivity contribution in [3.05, 3.63) is 36.0 Å². The Balaban J connectivity index is 2.14. The van der Waals surface area contributed by atoms with Gasteiger partial charge in [0.2, 0.25) is 5.91 Å². The van der Waals surface area contributed by atoms with Crippen molar-refractivity contribution in [1.29, 1.82) is 0 Å². The summed E-state index contributed by atoms with van der Waals surface area (Å²) in [4.78, 5) is 24.1. The fourth-order valence-corrected chi connectivity index (χ4v) is 2.45. The summed E-state index contributed by atoms with van der Waals surface area (Å²) >= 11 is 0. The molecule has 1 aromatic heterocycles. The predicted molar refractivity (Wildman–Crippen MR) is 86.1 cm³/mol. The van der Waals surface area contributed by atoms with Gasteiger partial charge in [0.25, 0.3) is 0 Å². The van der Waals surface area contributed by atoms with E-state index >= 15 is 0 Å². The molecule has 2 aromatic rings. The lowest BCUT2D eigenvalue weighted by Crippen LogP contribution is -2.28. The normalized spacial score (nSPS) is 10.8. The average Bonchev–Trinajstić information content (AvgIpc) is 2.90. The van der Waals surface area contributed by atoms with Gasteiger partial charge in [0.15, 0.2) is 5.78 Å². The molecule has 1 amide bonds. The highest BCUT2D eigenvalue weighted by Gasteiger charge is 2.14. The molecule has 5 heteroatoms. The van der Waals surface area contributed by atoms with E-state index in [1.165, 1.54) is 0 Å². The zero-order valence-electron chi connectivity index (χ0n) is 13.1. The molecule has 0 fully saturated rings. The lowest BCUT2D eigenvalue weighted by Gasteiger charge is -2.07. The first-order valence-electron chi connectivity index (χ1n) is 7.54. The molecule has 0 radical (unpaired) electrons. The van der Waals surface area contributed by atoms with Crippen LogP contribution in [0.1, 0.15) is 30.1 Å². The van der Waals surface area contributed by atoms with Gasteiger partial charge in [-0.25, -0.2) is 0 Å². The van der Waals surface area contributed by atoms with Gasteiger partial charge >= 0.3 is 0 Å². The highest BCUT2D eigenvalue weighted by molar-refractivity contribution is 6.08. The van der Waals surface area contributed by atoms with Crippen molar-refractivity contribution in [3.8, 4) is 0 Å². The quantitative estimate of drug-likeness (QED) is 0.601. The van der Waals surface area contributed by atoms with E-state index in [0.29, 0.717) is 25.1 Å². The molecule has 0 bridgehead atoms. The Morgan fingerprint density at radius 1 is 1.27 bits per heavy atom. The molecule has 1 N–H and O–H groups in total. The third-order valence-corrected chi connectivity index (χ3v) is 3.57. The number of para-hydroxylation sites is 1. The zero-order valence-corrected chi connectivity index (χ0v) is 13.1. The molecule has 5 nitrogen and oxygen atoms in total. The van der Waals surface area contributed by atoms with Gasteiger partial charge in [-0.3, -0.25) is 9.59 Å². The first kappa shape index (κ1) is 16.2. The minimum Gasteiger partial charge on any atom is -0.385 e. The van der Waals surface area contributed by atoms with Crippen LogP contribution in [0.4, 0.5) is 0 Å². The van der Waals surface area contributed by atoms with Crippen LogP contribution in [0.5, 0.6) is 0 Å². The topological polar surface area (TPSA) is 60.3 Å². The molecule has 2 rings (SSSR count). The second-order valence-corrected chi connectivity index (χ2v) is 5.16. The highest BCUT2D eigenvalue weighted by atomic mass is 16.5. The minimum absolute atomic E-state index is 0.0626. The Labute approximate surface area is 130 Å². The number of ketones is 1. The number of fused-ring (bicyclic) bond motifs is 1. The second kappa shape index (κ2) is 7.75. The van der Waals surface area contributed by atoms with Crippen LogP contribution in [-0.4, -0.2) is 36.5 Å². The van der Waals surface area contributed by atoms with Crippen LogP contribution in [0.2, 0.25) is 0 Å². The van der Waals surface area contributed by atoms with E-state index in [0.717, 1.165) is 17.3 Å². The van der Waals surface area contributed by atoms with Gasteiger partial charge in [0.1, 0.15) is 6.54 Å². The maximum absolute atomic E-state index is 12.0. The summed E-state index contributed by atoms with van der Waals surface area (Å²) in [6.07, 6.45) is 3.02. The number of rotatable bonds is 8. The Kier molecular flexibility index (Phi) is 5.72. The summed E-state index contributed by atoms with van der Waals surface area (Å²) < 4.78 is 6.78. The zero-order chi connectivity index (χ0) is 15.9. The molecule has 0 saturated carbocycles. The Bertz CT molecular complexity index is 661. The number of methoxy groups -OCH3 is 1. The maximum atomic E-state index is 12.0. The van der Waals surface area contributed by atoms with Gasteiger partial charge < -0.3 is 14.6 Å². The molecule has 1 heterocycles. The summed E-state index contributed by atoms with van der Waals surface area (Å²) in [6, 6.07) is 7.67. The summed E-state index contributed by atoms with van der Waals surface area (Å²) in [5.74, 6) is 0.0304. The first-order valence-corrected chi connectivity index (χ1v) is 7.54. The largest absolute Gasteiger partial charge is 0.385 e. The first-order chi connectivity index (χ1) is 10.7. The summed E-state index contributed by atoms with van der Waals surface area (Å²) in [6.45, 7) is 3.27. The molecule has 0 spiro atoms. The summed E-state index contributed by atoms with van der Waals surface area (Å²) in [5, 5.41) is 3.76. The molecule has 22 heavy (non-hydrogen) atoms. The molecular weight excluding hydrogens is 280 g/mol. The van der Waals surface area contributed by atoms with Gasteiger partial charge in [-0.1, -0.05) is 25.1 Å². The lowest BCUT2D eigenvalue weighted by molar-refractivity contribution is -0.121. The van der Waals surface area contributed by atoms with Crippen molar-refractivity contribution in [2.75, 3.05) is 20.3 Å². The van der Waals surface area contributed by atoms with E-state index in [1.54, 1.807) is 13.3 Å². The number of aromatic nitrogens is 1. The minimum atomic E-state index is -0.0626. The number of carbonyl (C=O) groups excluding carboxylic acids is 2. The predicted octanol–water partition coefficient (Wildman–Crippen LogP) is 2.39. The van der Waals surface area contributed by atoms with Crippen molar-refractivity contribution in [2.45, 2.75) is 26.3 Å². The lowest BCUT2D eigenvalue weighted by atomic mass is 10.1. The molecule has 0 aliphatic rings. The van der Waals surface area contributed by atoms with E-state index in [9.17, 15) is 9.59 Å². The molecule has 1 aromatic carbocycles. The van der Waals surface area contributed by atoms with E-state index < -0.39 is 0 Å². The number of hydrogen-bond donors (Lipinski definition) is 1. The fraction of sp³-hybridized carbons (Fsp3) is 0.412. The van der Waals surface area contributed by atoms with Crippen molar-refractivity contribution >= 4 is 22.6 Å². The number of Topliss-reactive ketones (excluding diaryl/α,β-unsaturated/α-hetero) is 1. The van der Waals surface area contributed by atoms with Gasteiger partial charge in [-0.2, -0.15) is 0 Å². The number of nitrogens with zero attached hydrogens (tertiary/aromatic N) is 1. The van der Waals surface area contributed by atoms with Crippen LogP contribution in [0.25, 0.3) is 10.9 Å². The van der Waals surface area contributed by atoms with Crippen LogP contribution in [0, 0.1) is 0 Å². The third kappa shape index (κ3) is 3.74. The third-order valence-electron chi connectivity index (χ3n) is 3.57. The number of hydrogen-bond acceptors (Lipinski definition) is 3. The van der Waals surface area contributed by atoms with Crippen molar-refractivity contribution in [2.24, 2.45) is 0 Å². The fourth-order valence-electron chi connectivity index (χ4n) is 2.45. The maximum Gasteiger partial charge on any atom is 0.239 e. The van der Waals surface area contributed by atoms with E-state index in [-0.39, 0.29) is 18.2 Å². The molecule has 0 atom stereocenters. The molecule has 0 aliphatic heterocycles. The molecular formula is C17H22N2O3. The average molecular weight is 302 g/mol. The number of ether oxygens (including phenoxy) is 1. The van der Waals surface area contributed by atoms with E-state index in [4.69, 9.17) is 4.74 Å². The number of benzene rings is 1. The molecule has 0 aliphatic carbocycles. The summed E-state index contributed by atoms with van der Waals surface area (Å²) in [7, 11) is 1.64. The Hall–Kier alpha value is -2.14. The van der Waals surface area contributed by atoms with Crippen molar-refractivity contribution in [3.63, 3.8) is 0 Å². The van der Waals surface area contributed by atoms with E-state index in [1.807, 2.05) is 35.8 Å². The standard InChI is InChI=1S/C17H22N2O3/c1-3-16(20)14-11-19(15-8-5-4-7-13(14)15)12-17(21)18-9-6-10-22-2/h4-5,7-8,11H,3,6,9-10,12H2,1-2H3,(H,18,21). The van der Waals surface area contributed by atoms with Crippen molar-refractivity contribution < 1.29 is 14.3 Å². The SMILES string of the molecule is CCC(=O)c1cn(CC(=O)NCCCOC)c2ccccc12. The number of amides is 1. The Morgan fingerprint density at radius 2 is 2.05 bits per heavy atom. The molecule has 0 saturated heterocycles. The Morgan fingerprint density at radius 3 is 2.77 bits per heavy atom. The van der Waals surface area contributed by atoms with Gasteiger partial charge in [0.05, 0.1) is 0 Å². The van der Waals surface area contributed by atoms with Crippen LogP contribution in [0.3, 0.4) is 0 Å². The second-order valence-electron chi connectivity index (χ2n) is 5.16. The van der Waals surface area contributed by atoms with Gasteiger partial charge in [0, 0.05) is 49.3 Å². The van der Waals surface area contributed by atoms with Gasteiger partial charge in [-0.15, -0.1) is 0 Å². The summed E-state index contributed by atoms with van der Waals surface area (Å²) in [5.41, 5.74) is 1.59. The number of nitrogens with one attached hydrogen (secondary N) is 1. The van der Waals surface area contributed by atoms with Crippen molar-refractivity contribution in [1.82, 2.24) is 9.88 Å². The van der Waals surface area contributed by atoms with Crippen LogP contribution < -0.4 is 5.32 Å². The van der Waals surface area contributed by atoms with Crippen LogP contribution >= 0.6 is 0 Å². The monoisotopic (exact) mass is 302 g/mol. The molecule has 118 valence electrons. The molecule has 0 unspecified atom stereocenters. The highest BCUT2D eigenvalue weighted by Crippen LogP contribution is 2.22. The van der Waals surface area contributed by atoms with E-state index in [2.05, 4.69) is 5.32 Å². The van der Waals surface area contributed by atoms with Crippen LogP contribution in [-0.2, 0) is 16.1 Å². The number of carbonyl (C=O) groups is 2.